The Morgan fingerprint density at radius 3 is 2.59 bits per heavy atom. The molecule has 0 radical (unpaired) electrons. The molecule has 1 aromatic carbocycles. The van der Waals surface area contributed by atoms with Gasteiger partial charge in [-0.2, -0.15) is 0 Å². The van der Waals surface area contributed by atoms with Gasteiger partial charge in [-0.05, 0) is 43.5 Å². The molecule has 0 amide bonds. The van der Waals surface area contributed by atoms with Gasteiger partial charge in [-0.15, -0.1) is 0 Å². The Bertz CT molecular complexity index is 346. The fourth-order valence-electron chi connectivity index (χ4n) is 2.00. The van der Waals surface area contributed by atoms with Crippen molar-refractivity contribution in [2.45, 2.75) is 45.8 Å². The van der Waals surface area contributed by atoms with Crippen molar-refractivity contribution in [1.29, 1.82) is 0 Å². The van der Waals surface area contributed by atoms with Crippen LogP contribution in [0.5, 0.6) is 0 Å². The van der Waals surface area contributed by atoms with Gasteiger partial charge in [0.1, 0.15) is 11.9 Å². The van der Waals surface area contributed by atoms with E-state index in [9.17, 15) is 9.50 Å². The molecule has 0 saturated carbocycles. The summed E-state index contributed by atoms with van der Waals surface area (Å²) >= 11 is 0. The molecule has 96 valence electrons. The van der Waals surface area contributed by atoms with Crippen molar-refractivity contribution in [1.82, 2.24) is 0 Å². The Morgan fingerprint density at radius 2 is 2.06 bits per heavy atom. The zero-order chi connectivity index (χ0) is 12.8. The van der Waals surface area contributed by atoms with Crippen LogP contribution in [0.3, 0.4) is 0 Å². The van der Waals surface area contributed by atoms with E-state index < -0.39 is 6.10 Å². The Morgan fingerprint density at radius 1 is 1.35 bits per heavy atom. The van der Waals surface area contributed by atoms with E-state index in [0.29, 0.717) is 6.61 Å². The number of aliphatic hydroxyl groups excluding tert-OH is 1. The van der Waals surface area contributed by atoms with Crippen LogP contribution in [0.1, 0.15) is 43.9 Å². The minimum atomic E-state index is -0.685. The van der Waals surface area contributed by atoms with Gasteiger partial charge < -0.3 is 9.84 Å². The van der Waals surface area contributed by atoms with Crippen molar-refractivity contribution >= 4 is 0 Å². The fraction of sp³-hybridized carbons (Fsp3) is 0.571. The molecular weight excluding hydrogens is 219 g/mol. The smallest absolute Gasteiger partial charge is 0.123 e. The lowest BCUT2D eigenvalue weighted by molar-refractivity contribution is -0.0387. The van der Waals surface area contributed by atoms with E-state index in [4.69, 9.17) is 4.74 Å². The van der Waals surface area contributed by atoms with Gasteiger partial charge in [0.05, 0.1) is 6.10 Å². The SMILES string of the molecule is CCCC(OCC)C(O)c1ccc(F)cc1C. The summed E-state index contributed by atoms with van der Waals surface area (Å²) in [6.07, 6.45) is 0.845. The van der Waals surface area contributed by atoms with Crippen LogP contribution in [0, 0.1) is 12.7 Å². The van der Waals surface area contributed by atoms with Gasteiger partial charge in [-0.3, -0.25) is 0 Å². The Balaban J connectivity index is 2.88. The number of hydrogen-bond acceptors (Lipinski definition) is 2. The molecule has 0 saturated heterocycles. The van der Waals surface area contributed by atoms with E-state index in [-0.39, 0.29) is 11.9 Å². The lowest BCUT2D eigenvalue weighted by Crippen LogP contribution is -2.23. The van der Waals surface area contributed by atoms with Gasteiger partial charge in [0.25, 0.3) is 0 Å². The quantitative estimate of drug-likeness (QED) is 0.826. The average molecular weight is 240 g/mol. The van der Waals surface area contributed by atoms with Crippen molar-refractivity contribution < 1.29 is 14.2 Å². The van der Waals surface area contributed by atoms with Crippen LogP contribution in [0.15, 0.2) is 18.2 Å². The zero-order valence-corrected chi connectivity index (χ0v) is 10.7. The van der Waals surface area contributed by atoms with Crippen LogP contribution in [0.4, 0.5) is 4.39 Å². The highest BCUT2D eigenvalue weighted by Crippen LogP contribution is 2.25. The molecule has 1 rings (SSSR count). The predicted molar refractivity (Wildman–Crippen MR) is 66.4 cm³/mol. The number of halogens is 1. The fourth-order valence-corrected chi connectivity index (χ4v) is 2.00. The van der Waals surface area contributed by atoms with Crippen LogP contribution < -0.4 is 0 Å². The third kappa shape index (κ3) is 3.79. The van der Waals surface area contributed by atoms with E-state index in [1.54, 1.807) is 13.0 Å². The Kier molecular flexibility index (Phi) is 5.59. The first kappa shape index (κ1) is 14.1. The summed E-state index contributed by atoms with van der Waals surface area (Å²) in [5.74, 6) is -0.276. The first-order valence-corrected chi connectivity index (χ1v) is 6.15. The highest BCUT2D eigenvalue weighted by atomic mass is 19.1. The van der Waals surface area contributed by atoms with E-state index in [0.717, 1.165) is 24.0 Å². The topological polar surface area (TPSA) is 29.5 Å². The molecule has 17 heavy (non-hydrogen) atoms. The number of aryl methyl sites for hydroxylation is 1. The van der Waals surface area contributed by atoms with E-state index >= 15 is 0 Å². The first-order chi connectivity index (χ1) is 8.10. The number of benzene rings is 1. The maximum Gasteiger partial charge on any atom is 0.123 e. The summed E-state index contributed by atoms with van der Waals surface area (Å²) < 4.78 is 18.5. The lowest BCUT2D eigenvalue weighted by atomic mass is 9.97. The molecule has 0 spiro atoms. The molecule has 3 heteroatoms. The molecular formula is C14H21FO2. The van der Waals surface area contributed by atoms with Crippen LogP contribution >= 0.6 is 0 Å². The molecule has 1 aromatic rings. The van der Waals surface area contributed by atoms with Gasteiger partial charge in [0.2, 0.25) is 0 Å². The van der Waals surface area contributed by atoms with E-state index in [1.165, 1.54) is 12.1 Å². The zero-order valence-electron chi connectivity index (χ0n) is 10.7. The number of hydrogen-bond donors (Lipinski definition) is 1. The molecule has 0 bridgehead atoms. The lowest BCUT2D eigenvalue weighted by Gasteiger charge is -2.24. The van der Waals surface area contributed by atoms with Gasteiger partial charge in [-0.25, -0.2) is 4.39 Å². The second-order valence-electron chi connectivity index (χ2n) is 4.23. The van der Waals surface area contributed by atoms with Crippen molar-refractivity contribution in [2.75, 3.05) is 6.61 Å². The molecule has 0 aromatic heterocycles. The monoisotopic (exact) mass is 240 g/mol. The maximum atomic E-state index is 13.0. The minimum Gasteiger partial charge on any atom is -0.386 e. The largest absolute Gasteiger partial charge is 0.386 e. The van der Waals surface area contributed by atoms with E-state index in [1.807, 2.05) is 6.92 Å². The Labute approximate surface area is 102 Å². The molecule has 1 N–H and O–H groups in total. The van der Waals surface area contributed by atoms with E-state index in [2.05, 4.69) is 6.92 Å². The minimum absolute atomic E-state index is 0.214. The van der Waals surface area contributed by atoms with Gasteiger partial charge >= 0.3 is 0 Å². The summed E-state index contributed by atoms with van der Waals surface area (Å²) in [7, 11) is 0. The first-order valence-electron chi connectivity index (χ1n) is 6.15. The summed E-state index contributed by atoms with van der Waals surface area (Å²) in [4.78, 5) is 0. The Hall–Kier alpha value is -0.930. The van der Waals surface area contributed by atoms with Crippen molar-refractivity contribution in [3.63, 3.8) is 0 Å². The third-order valence-electron chi connectivity index (χ3n) is 2.86. The predicted octanol–water partition coefficient (Wildman–Crippen LogP) is 3.37. The number of aliphatic hydroxyl groups is 1. The highest BCUT2D eigenvalue weighted by molar-refractivity contribution is 5.29. The molecule has 0 aliphatic carbocycles. The van der Waals surface area contributed by atoms with Gasteiger partial charge in [-0.1, -0.05) is 19.4 Å². The molecule has 2 atom stereocenters. The standard InChI is InChI=1S/C14H21FO2/c1-4-6-13(17-5-2)14(16)12-8-7-11(15)9-10(12)3/h7-9,13-14,16H,4-6H2,1-3H3. The van der Waals surface area contributed by atoms with Crippen molar-refractivity contribution in [2.24, 2.45) is 0 Å². The van der Waals surface area contributed by atoms with Crippen LogP contribution in [0.25, 0.3) is 0 Å². The molecule has 2 unspecified atom stereocenters. The van der Waals surface area contributed by atoms with Crippen LogP contribution in [0.2, 0.25) is 0 Å². The van der Waals surface area contributed by atoms with Crippen molar-refractivity contribution in [3.05, 3.63) is 35.1 Å². The highest BCUT2D eigenvalue weighted by Gasteiger charge is 2.22. The molecule has 0 aliphatic heterocycles. The molecule has 0 heterocycles. The number of rotatable bonds is 6. The van der Waals surface area contributed by atoms with Gasteiger partial charge in [0, 0.05) is 6.61 Å². The average Bonchev–Trinajstić information content (AvgIpc) is 2.28. The summed E-state index contributed by atoms with van der Waals surface area (Å²) in [6.45, 7) is 6.34. The van der Waals surface area contributed by atoms with Crippen LogP contribution in [-0.2, 0) is 4.74 Å². The normalized spacial score (nSPS) is 14.6. The summed E-state index contributed by atoms with van der Waals surface area (Å²) in [5.41, 5.74) is 1.51. The van der Waals surface area contributed by atoms with Crippen molar-refractivity contribution in [3.8, 4) is 0 Å². The second kappa shape index (κ2) is 6.72. The second-order valence-corrected chi connectivity index (χ2v) is 4.23. The molecule has 0 aliphatic rings. The third-order valence-corrected chi connectivity index (χ3v) is 2.86. The van der Waals surface area contributed by atoms with Crippen LogP contribution in [-0.4, -0.2) is 17.8 Å². The summed E-state index contributed by atoms with van der Waals surface area (Å²) in [6, 6.07) is 4.45. The maximum absolute atomic E-state index is 13.0. The number of ether oxygens (including phenoxy) is 1. The molecule has 0 fully saturated rings. The summed E-state index contributed by atoms with van der Waals surface area (Å²) in [5, 5.41) is 10.3. The molecule has 2 nitrogen and oxygen atoms in total. The van der Waals surface area contributed by atoms with Gasteiger partial charge in [0.15, 0.2) is 0 Å².